The van der Waals surface area contributed by atoms with Crippen LogP contribution in [0.1, 0.15) is 0 Å². The molecule has 1 N–H and O–H groups in total. The molecule has 0 aliphatic heterocycles. The van der Waals surface area contributed by atoms with Gasteiger partial charge >= 0.3 is 0 Å². The van der Waals surface area contributed by atoms with Gasteiger partial charge in [-0.3, -0.25) is 4.68 Å². The fourth-order valence-electron chi connectivity index (χ4n) is 1.80. The van der Waals surface area contributed by atoms with Crippen molar-refractivity contribution in [3.63, 3.8) is 0 Å². The molecule has 0 unspecified atom stereocenters. The maximum atomic E-state index is 4.53. The van der Waals surface area contributed by atoms with Crippen LogP contribution in [0.2, 0.25) is 0 Å². The quantitative estimate of drug-likeness (QED) is 0.742. The summed E-state index contributed by atoms with van der Waals surface area (Å²) >= 11 is 1.59. The van der Waals surface area contributed by atoms with Crippen LogP contribution >= 0.6 is 11.8 Å². The molecule has 96 valence electrons. The van der Waals surface area contributed by atoms with Crippen LogP contribution < -0.4 is 5.32 Å². The molecule has 2 aromatic heterocycles. The Morgan fingerprint density at radius 1 is 1.21 bits per heavy atom. The second-order valence-corrected chi connectivity index (χ2v) is 5.13. The zero-order valence-corrected chi connectivity index (χ0v) is 11.5. The van der Waals surface area contributed by atoms with Gasteiger partial charge in [-0.05, 0) is 6.07 Å². The summed E-state index contributed by atoms with van der Waals surface area (Å²) in [5.74, 6) is 0.630. The van der Waals surface area contributed by atoms with Gasteiger partial charge in [0.15, 0.2) is 0 Å². The second-order valence-electron chi connectivity index (χ2n) is 4.07. The Morgan fingerprint density at radius 3 is 2.79 bits per heavy atom. The SMILES string of the molecule is CNc1nc(Sc2cnn(C)c2)c2ccccc2n1. The minimum Gasteiger partial charge on any atom is -0.357 e. The van der Waals surface area contributed by atoms with E-state index in [2.05, 4.69) is 20.4 Å². The molecule has 0 aliphatic rings. The summed E-state index contributed by atoms with van der Waals surface area (Å²) in [7, 11) is 3.73. The standard InChI is InChI=1S/C13H13N5S/c1-14-13-16-11-6-4-3-5-10(11)12(17-13)19-9-7-15-18(2)8-9/h3-8H,1-2H3,(H,14,16,17). The number of aryl methyl sites for hydroxylation is 1. The minimum atomic E-state index is 0.630. The van der Waals surface area contributed by atoms with E-state index in [1.165, 1.54) is 0 Å². The van der Waals surface area contributed by atoms with Crippen LogP contribution in [0.25, 0.3) is 10.9 Å². The lowest BCUT2D eigenvalue weighted by molar-refractivity contribution is 0.766. The van der Waals surface area contributed by atoms with E-state index in [9.17, 15) is 0 Å². The normalized spacial score (nSPS) is 10.8. The molecule has 5 nitrogen and oxygen atoms in total. The molecule has 0 spiro atoms. The average molecular weight is 271 g/mol. The van der Waals surface area contributed by atoms with E-state index in [1.54, 1.807) is 16.4 Å². The van der Waals surface area contributed by atoms with Gasteiger partial charge in [-0.15, -0.1) is 0 Å². The number of nitrogens with one attached hydrogen (secondary N) is 1. The van der Waals surface area contributed by atoms with E-state index < -0.39 is 0 Å². The molecule has 3 aromatic rings. The van der Waals surface area contributed by atoms with E-state index in [0.29, 0.717) is 5.95 Å². The Balaban J connectivity index is 2.10. The van der Waals surface area contributed by atoms with Crippen LogP contribution in [0.3, 0.4) is 0 Å². The van der Waals surface area contributed by atoms with Gasteiger partial charge in [0.25, 0.3) is 0 Å². The highest BCUT2D eigenvalue weighted by Gasteiger charge is 2.09. The van der Waals surface area contributed by atoms with Crippen LogP contribution in [0.5, 0.6) is 0 Å². The molecule has 1 aromatic carbocycles. The highest BCUT2D eigenvalue weighted by Crippen LogP contribution is 2.31. The third-order valence-corrected chi connectivity index (χ3v) is 3.64. The molecule has 0 amide bonds. The minimum absolute atomic E-state index is 0.630. The highest BCUT2D eigenvalue weighted by atomic mass is 32.2. The number of hydrogen-bond donors (Lipinski definition) is 1. The van der Waals surface area contributed by atoms with E-state index in [1.807, 2.05) is 50.8 Å². The summed E-state index contributed by atoms with van der Waals surface area (Å²) in [4.78, 5) is 10.0. The van der Waals surface area contributed by atoms with E-state index in [4.69, 9.17) is 0 Å². The van der Waals surface area contributed by atoms with Crippen molar-refractivity contribution in [2.75, 3.05) is 12.4 Å². The molecular weight excluding hydrogens is 258 g/mol. The number of anilines is 1. The third kappa shape index (κ3) is 2.39. The first-order valence-electron chi connectivity index (χ1n) is 5.87. The molecule has 0 radical (unpaired) electrons. The molecular formula is C13H13N5S. The Labute approximate surface area is 115 Å². The maximum Gasteiger partial charge on any atom is 0.224 e. The molecule has 19 heavy (non-hydrogen) atoms. The van der Waals surface area contributed by atoms with Gasteiger partial charge in [0.1, 0.15) is 5.03 Å². The second kappa shape index (κ2) is 4.89. The first-order valence-corrected chi connectivity index (χ1v) is 6.69. The average Bonchev–Trinajstić information content (AvgIpc) is 2.84. The first-order chi connectivity index (χ1) is 9.26. The van der Waals surface area contributed by atoms with Gasteiger partial charge in [0.2, 0.25) is 5.95 Å². The lowest BCUT2D eigenvalue weighted by Gasteiger charge is -2.06. The molecule has 6 heteroatoms. The molecule has 0 aliphatic carbocycles. The number of rotatable bonds is 3. The van der Waals surface area contributed by atoms with Gasteiger partial charge in [0.05, 0.1) is 16.6 Å². The lowest BCUT2D eigenvalue weighted by Crippen LogP contribution is -1.98. The Kier molecular flexibility index (Phi) is 3.08. The maximum absolute atomic E-state index is 4.53. The largest absolute Gasteiger partial charge is 0.357 e. The predicted molar refractivity (Wildman–Crippen MR) is 76.4 cm³/mol. The Bertz CT molecular complexity index is 722. The number of nitrogens with zero attached hydrogens (tertiary/aromatic N) is 4. The smallest absolute Gasteiger partial charge is 0.224 e. The summed E-state index contributed by atoms with van der Waals surface area (Å²) in [6.45, 7) is 0. The molecule has 0 bridgehead atoms. The van der Waals surface area contributed by atoms with Crippen LogP contribution in [0, 0.1) is 0 Å². The number of hydrogen-bond acceptors (Lipinski definition) is 5. The number of para-hydroxylation sites is 1. The highest BCUT2D eigenvalue weighted by molar-refractivity contribution is 7.99. The van der Waals surface area contributed by atoms with E-state index in [-0.39, 0.29) is 0 Å². The van der Waals surface area contributed by atoms with Gasteiger partial charge in [-0.2, -0.15) is 5.10 Å². The van der Waals surface area contributed by atoms with Crippen molar-refractivity contribution in [1.82, 2.24) is 19.7 Å². The van der Waals surface area contributed by atoms with E-state index in [0.717, 1.165) is 20.8 Å². The Morgan fingerprint density at radius 2 is 2.05 bits per heavy atom. The summed E-state index contributed by atoms with van der Waals surface area (Å²) in [6.07, 6.45) is 3.81. The summed E-state index contributed by atoms with van der Waals surface area (Å²) in [5.41, 5.74) is 0.938. The van der Waals surface area contributed by atoms with Crippen molar-refractivity contribution < 1.29 is 0 Å². The van der Waals surface area contributed by atoms with Gasteiger partial charge < -0.3 is 5.32 Å². The van der Waals surface area contributed by atoms with Crippen molar-refractivity contribution in [3.8, 4) is 0 Å². The fraction of sp³-hybridized carbons (Fsp3) is 0.154. The van der Waals surface area contributed by atoms with Crippen molar-refractivity contribution >= 4 is 28.6 Å². The fourth-order valence-corrected chi connectivity index (χ4v) is 2.74. The summed E-state index contributed by atoms with van der Waals surface area (Å²) in [5, 5.41) is 9.15. The van der Waals surface area contributed by atoms with Crippen LogP contribution in [0.15, 0.2) is 46.6 Å². The van der Waals surface area contributed by atoms with Crippen molar-refractivity contribution in [3.05, 3.63) is 36.7 Å². The van der Waals surface area contributed by atoms with E-state index >= 15 is 0 Å². The summed E-state index contributed by atoms with van der Waals surface area (Å²) in [6, 6.07) is 8.00. The lowest BCUT2D eigenvalue weighted by atomic mass is 10.2. The first kappa shape index (κ1) is 12.0. The molecule has 3 rings (SSSR count). The van der Waals surface area contributed by atoms with Crippen molar-refractivity contribution in [2.24, 2.45) is 7.05 Å². The van der Waals surface area contributed by atoms with Crippen molar-refractivity contribution in [1.29, 1.82) is 0 Å². The zero-order chi connectivity index (χ0) is 13.2. The number of benzene rings is 1. The summed E-state index contributed by atoms with van der Waals surface area (Å²) < 4.78 is 1.78. The van der Waals surface area contributed by atoms with Crippen LogP contribution in [-0.4, -0.2) is 26.8 Å². The Hall–Kier alpha value is -2.08. The molecule has 2 heterocycles. The monoisotopic (exact) mass is 271 g/mol. The zero-order valence-electron chi connectivity index (χ0n) is 10.7. The van der Waals surface area contributed by atoms with Crippen LogP contribution in [-0.2, 0) is 7.05 Å². The third-order valence-electron chi connectivity index (χ3n) is 2.69. The molecule has 0 atom stereocenters. The number of aromatic nitrogens is 4. The predicted octanol–water partition coefficient (Wildman–Crippen LogP) is 2.56. The topological polar surface area (TPSA) is 55.6 Å². The van der Waals surface area contributed by atoms with Gasteiger partial charge in [-0.25, -0.2) is 9.97 Å². The molecule has 0 saturated carbocycles. The number of fused-ring (bicyclic) bond motifs is 1. The van der Waals surface area contributed by atoms with Crippen molar-refractivity contribution in [2.45, 2.75) is 9.92 Å². The molecule has 0 saturated heterocycles. The molecule has 0 fully saturated rings. The van der Waals surface area contributed by atoms with Gasteiger partial charge in [0, 0.05) is 25.7 Å². The van der Waals surface area contributed by atoms with Crippen LogP contribution in [0.4, 0.5) is 5.95 Å². The van der Waals surface area contributed by atoms with Gasteiger partial charge in [-0.1, -0.05) is 30.0 Å².